The average Bonchev–Trinajstić information content (AvgIpc) is 2.79. The van der Waals surface area contributed by atoms with Crippen molar-refractivity contribution < 1.29 is 9.59 Å². The third-order valence-corrected chi connectivity index (χ3v) is 6.34. The van der Waals surface area contributed by atoms with Crippen molar-refractivity contribution >= 4 is 17.6 Å². The number of fused-ring (bicyclic) bond motifs is 1. The van der Waals surface area contributed by atoms with E-state index in [1.807, 2.05) is 37.3 Å². The van der Waals surface area contributed by atoms with Crippen molar-refractivity contribution in [2.75, 3.05) is 18.4 Å². The van der Waals surface area contributed by atoms with Crippen molar-refractivity contribution in [2.45, 2.75) is 51.5 Å². The van der Waals surface area contributed by atoms with Gasteiger partial charge in [-0.05, 0) is 74.3 Å². The van der Waals surface area contributed by atoms with E-state index in [1.54, 1.807) is 4.90 Å². The van der Waals surface area contributed by atoms with Gasteiger partial charge in [-0.15, -0.1) is 0 Å². The van der Waals surface area contributed by atoms with Crippen molar-refractivity contribution in [2.24, 2.45) is 5.92 Å². The Morgan fingerprint density at radius 2 is 1.77 bits per heavy atom. The van der Waals surface area contributed by atoms with Crippen LogP contribution in [0.4, 0.5) is 10.5 Å². The minimum absolute atomic E-state index is 0.0294. The summed E-state index contributed by atoms with van der Waals surface area (Å²) in [5, 5.41) is 6.11. The number of rotatable bonds is 4. The van der Waals surface area contributed by atoms with Gasteiger partial charge in [-0.2, -0.15) is 0 Å². The zero-order valence-electron chi connectivity index (χ0n) is 17.7. The lowest BCUT2D eigenvalue weighted by atomic mass is 9.89. The molecule has 3 amide bonds. The number of urea groups is 1. The Morgan fingerprint density at radius 1 is 1.00 bits per heavy atom. The van der Waals surface area contributed by atoms with E-state index < -0.39 is 0 Å². The van der Waals surface area contributed by atoms with Crippen LogP contribution in [0.3, 0.4) is 0 Å². The molecule has 2 atom stereocenters. The number of piperidine rings is 1. The van der Waals surface area contributed by atoms with Crippen LogP contribution in [0.15, 0.2) is 48.5 Å². The van der Waals surface area contributed by atoms with Gasteiger partial charge in [-0.3, -0.25) is 4.79 Å². The van der Waals surface area contributed by atoms with Gasteiger partial charge in [0, 0.05) is 18.8 Å². The molecule has 1 heterocycles. The van der Waals surface area contributed by atoms with Crippen LogP contribution in [0.25, 0.3) is 0 Å². The van der Waals surface area contributed by atoms with Crippen molar-refractivity contribution in [1.29, 1.82) is 0 Å². The molecular weight excluding hydrogens is 374 g/mol. The number of aryl methyl sites for hydroxylation is 2. The number of para-hydroxylation sites is 1. The molecule has 4 rings (SSSR count). The Balaban J connectivity index is 1.34. The van der Waals surface area contributed by atoms with Gasteiger partial charge in [0.2, 0.25) is 5.91 Å². The van der Waals surface area contributed by atoms with Gasteiger partial charge in [0.05, 0.1) is 12.0 Å². The molecule has 5 nitrogen and oxygen atoms in total. The fraction of sp³-hybridized carbons (Fsp3) is 0.440. The number of carbonyl (C=O) groups is 2. The molecule has 30 heavy (non-hydrogen) atoms. The van der Waals surface area contributed by atoms with Gasteiger partial charge in [0.25, 0.3) is 0 Å². The number of anilines is 1. The first-order valence-electron chi connectivity index (χ1n) is 11.1. The van der Waals surface area contributed by atoms with E-state index >= 15 is 0 Å². The van der Waals surface area contributed by atoms with Crippen LogP contribution >= 0.6 is 0 Å². The second kappa shape index (κ2) is 9.33. The van der Waals surface area contributed by atoms with Gasteiger partial charge in [-0.25, -0.2) is 4.79 Å². The molecule has 0 radical (unpaired) electrons. The van der Waals surface area contributed by atoms with Gasteiger partial charge < -0.3 is 15.5 Å². The number of amides is 3. The van der Waals surface area contributed by atoms with Crippen molar-refractivity contribution in [1.82, 2.24) is 10.2 Å². The minimum Gasteiger partial charge on any atom is -0.349 e. The second-order valence-electron chi connectivity index (χ2n) is 8.55. The van der Waals surface area contributed by atoms with Gasteiger partial charge in [0.1, 0.15) is 0 Å². The quantitative estimate of drug-likeness (QED) is 0.775. The number of hydrogen-bond acceptors (Lipinski definition) is 2. The number of hydrogen-bond donors (Lipinski definition) is 2. The molecule has 2 aliphatic rings. The summed E-state index contributed by atoms with van der Waals surface area (Å²) in [4.78, 5) is 27.3. The number of benzene rings is 2. The van der Waals surface area contributed by atoms with E-state index in [0.717, 1.165) is 24.9 Å². The first kappa shape index (κ1) is 20.5. The maximum absolute atomic E-state index is 12.9. The lowest BCUT2D eigenvalue weighted by molar-refractivity contribution is -0.126. The van der Waals surface area contributed by atoms with Gasteiger partial charge in [-0.1, -0.05) is 36.4 Å². The third kappa shape index (κ3) is 4.84. The van der Waals surface area contributed by atoms with Crippen molar-refractivity contribution in [3.8, 4) is 0 Å². The molecule has 5 heteroatoms. The zero-order chi connectivity index (χ0) is 20.9. The van der Waals surface area contributed by atoms with E-state index in [1.165, 1.54) is 36.0 Å². The van der Waals surface area contributed by atoms with Gasteiger partial charge in [0.15, 0.2) is 0 Å². The van der Waals surface area contributed by atoms with Crippen molar-refractivity contribution in [3.63, 3.8) is 0 Å². The first-order chi connectivity index (χ1) is 14.6. The predicted molar refractivity (Wildman–Crippen MR) is 119 cm³/mol. The maximum Gasteiger partial charge on any atom is 0.321 e. The molecule has 0 saturated carbocycles. The van der Waals surface area contributed by atoms with Crippen LogP contribution in [0.5, 0.6) is 0 Å². The largest absolute Gasteiger partial charge is 0.349 e. The monoisotopic (exact) mass is 405 g/mol. The van der Waals surface area contributed by atoms with E-state index in [0.29, 0.717) is 13.1 Å². The molecule has 158 valence electrons. The summed E-state index contributed by atoms with van der Waals surface area (Å²) >= 11 is 0. The Bertz CT molecular complexity index is 897. The van der Waals surface area contributed by atoms with Crippen LogP contribution in [-0.2, 0) is 17.6 Å². The molecule has 1 fully saturated rings. The molecule has 2 N–H and O–H groups in total. The molecule has 1 aliphatic heterocycles. The van der Waals surface area contributed by atoms with Crippen LogP contribution in [0.2, 0.25) is 0 Å². The normalized spacial score (nSPS) is 19.5. The van der Waals surface area contributed by atoms with Crippen LogP contribution < -0.4 is 10.6 Å². The Labute approximate surface area is 178 Å². The minimum atomic E-state index is -0.166. The SMILES string of the molecule is C[C@H](NC(=O)[C@@H]1CCCN(C(=O)Nc2ccccc2)C1)c1ccc2c(c1)CCCC2. The number of likely N-dealkylation sites (tertiary alicyclic amines) is 1. The fourth-order valence-electron chi connectivity index (χ4n) is 4.54. The Morgan fingerprint density at radius 3 is 2.57 bits per heavy atom. The number of carbonyl (C=O) groups excluding carboxylic acids is 2. The Hall–Kier alpha value is -2.82. The van der Waals surface area contributed by atoms with E-state index in [2.05, 4.69) is 28.8 Å². The average molecular weight is 406 g/mol. The standard InChI is InChI=1S/C25H31N3O2/c1-18(20-14-13-19-8-5-6-9-21(19)16-20)26-24(29)22-10-7-15-28(17-22)25(30)27-23-11-3-2-4-12-23/h2-4,11-14,16,18,22H,5-10,15,17H2,1H3,(H,26,29)(H,27,30)/t18-,22+/m0/s1. The van der Waals surface area contributed by atoms with Gasteiger partial charge >= 0.3 is 6.03 Å². The summed E-state index contributed by atoms with van der Waals surface area (Å²) < 4.78 is 0. The van der Waals surface area contributed by atoms with E-state index in [-0.39, 0.29) is 23.9 Å². The summed E-state index contributed by atoms with van der Waals surface area (Å²) in [5.41, 5.74) is 4.82. The fourth-order valence-corrected chi connectivity index (χ4v) is 4.54. The van der Waals surface area contributed by atoms with E-state index in [9.17, 15) is 9.59 Å². The molecule has 1 saturated heterocycles. The molecular formula is C25H31N3O2. The third-order valence-electron chi connectivity index (χ3n) is 6.34. The highest BCUT2D eigenvalue weighted by Crippen LogP contribution is 2.25. The van der Waals surface area contributed by atoms with Crippen molar-refractivity contribution in [3.05, 3.63) is 65.2 Å². The van der Waals surface area contributed by atoms with Crippen LogP contribution in [-0.4, -0.2) is 29.9 Å². The van der Waals surface area contributed by atoms with Crippen LogP contribution in [0, 0.1) is 5.92 Å². The molecule has 0 aromatic heterocycles. The number of nitrogens with one attached hydrogen (secondary N) is 2. The Kier molecular flexibility index (Phi) is 6.36. The highest BCUT2D eigenvalue weighted by atomic mass is 16.2. The molecule has 0 bridgehead atoms. The topological polar surface area (TPSA) is 61.4 Å². The van der Waals surface area contributed by atoms with Crippen LogP contribution in [0.1, 0.15) is 55.3 Å². The second-order valence-corrected chi connectivity index (χ2v) is 8.55. The molecule has 2 aromatic carbocycles. The summed E-state index contributed by atoms with van der Waals surface area (Å²) in [5.74, 6) is -0.127. The zero-order valence-corrected chi connectivity index (χ0v) is 17.7. The molecule has 2 aromatic rings. The lowest BCUT2D eigenvalue weighted by Gasteiger charge is -2.32. The molecule has 0 unspecified atom stereocenters. The lowest BCUT2D eigenvalue weighted by Crippen LogP contribution is -2.47. The summed E-state index contributed by atoms with van der Waals surface area (Å²) in [6.45, 7) is 3.19. The summed E-state index contributed by atoms with van der Waals surface area (Å²) in [6.07, 6.45) is 6.48. The first-order valence-corrected chi connectivity index (χ1v) is 11.1. The number of nitrogens with zero attached hydrogens (tertiary/aromatic N) is 1. The molecule has 1 aliphatic carbocycles. The highest BCUT2D eigenvalue weighted by Gasteiger charge is 2.29. The smallest absolute Gasteiger partial charge is 0.321 e. The molecule has 0 spiro atoms. The van der Waals surface area contributed by atoms with E-state index in [4.69, 9.17) is 0 Å². The maximum atomic E-state index is 12.9. The predicted octanol–water partition coefficient (Wildman–Crippen LogP) is 4.69. The summed E-state index contributed by atoms with van der Waals surface area (Å²) in [7, 11) is 0. The summed E-state index contributed by atoms with van der Waals surface area (Å²) in [6, 6.07) is 15.9. The highest BCUT2D eigenvalue weighted by molar-refractivity contribution is 5.90.